The number of benzene rings is 1. The van der Waals surface area contributed by atoms with Crippen molar-refractivity contribution in [3.8, 4) is 6.07 Å². The first-order valence-electron chi connectivity index (χ1n) is 4.91. The maximum Gasteiger partial charge on any atom is 0.235 e. The molecule has 1 amide bonds. The molecule has 76 valence electrons. The summed E-state index contributed by atoms with van der Waals surface area (Å²) in [6.45, 7) is 1.98. The Morgan fingerprint density at radius 3 is 2.93 bits per heavy atom. The van der Waals surface area contributed by atoms with Crippen LogP contribution in [0, 0.1) is 18.3 Å². The minimum atomic E-state index is -0.269. The van der Waals surface area contributed by atoms with E-state index in [2.05, 4.69) is 6.07 Å². The van der Waals surface area contributed by atoms with Gasteiger partial charge in [0.2, 0.25) is 5.91 Å². The van der Waals surface area contributed by atoms with Crippen molar-refractivity contribution in [2.24, 2.45) is 0 Å². The number of likely N-dealkylation sites (N-methyl/N-ethyl adjacent to an activating group) is 1. The van der Waals surface area contributed by atoms with Gasteiger partial charge in [0.05, 0.1) is 24.1 Å². The van der Waals surface area contributed by atoms with Gasteiger partial charge in [-0.2, -0.15) is 5.26 Å². The number of carbonyl (C=O) groups excluding carboxylic acids is 1. The summed E-state index contributed by atoms with van der Waals surface area (Å²) in [4.78, 5) is 13.5. The number of aryl methyl sites for hydroxylation is 1. The third kappa shape index (κ3) is 1.30. The highest BCUT2D eigenvalue weighted by atomic mass is 16.2. The lowest BCUT2D eigenvalue weighted by molar-refractivity contribution is -0.118. The van der Waals surface area contributed by atoms with E-state index in [1.165, 1.54) is 0 Å². The second-order valence-electron chi connectivity index (χ2n) is 3.82. The fraction of sp³-hybridized carbons (Fsp3) is 0.333. The van der Waals surface area contributed by atoms with Crippen LogP contribution >= 0.6 is 0 Å². The number of hydrogen-bond acceptors (Lipinski definition) is 2. The molecule has 1 heterocycles. The Labute approximate surface area is 88.9 Å². The van der Waals surface area contributed by atoms with E-state index in [1.54, 1.807) is 11.9 Å². The van der Waals surface area contributed by atoms with E-state index < -0.39 is 0 Å². The molecule has 0 aliphatic carbocycles. The zero-order chi connectivity index (χ0) is 11.0. The van der Waals surface area contributed by atoms with Crippen molar-refractivity contribution in [1.82, 2.24) is 0 Å². The van der Waals surface area contributed by atoms with Gasteiger partial charge in [-0.3, -0.25) is 4.79 Å². The predicted molar refractivity (Wildman–Crippen MR) is 57.6 cm³/mol. The lowest BCUT2D eigenvalue weighted by atomic mass is 9.96. The summed E-state index contributed by atoms with van der Waals surface area (Å²) in [5.41, 5.74) is 3.05. The van der Waals surface area contributed by atoms with Gasteiger partial charge in [0, 0.05) is 7.05 Å². The van der Waals surface area contributed by atoms with Gasteiger partial charge in [-0.05, 0) is 18.1 Å². The predicted octanol–water partition coefficient (Wildman–Crippen LogP) is 1.97. The summed E-state index contributed by atoms with van der Waals surface area (Å²) in [5.74, 6) is -0.240. The Balaban J connectivity index is 2.56. The molecule has 2 rings (SSSR count). The van der Waals surface area contributed by atoms with E-state index in [1.807, 2.05) is 25.1 Å². The van der Waals surface area contributed by atoms with Crippen LogP contribution in [0.1, 0.15) is 23.5 Å². The highest BCUT2D eigenvalue weighted by Gasteiger charge is 2.35. The molecular weight excluding hydrogens is 188 g/mol. The number of para-hydroxylation sites is 1. The number of anilines is 1. The average Bonchev–Trinajstić information content (AvgIpc) is 2.45. The van der Waals surface area contributed by atoms with Gasteiger partial charge >= 0.3 is 0 Å². The molecule has 0 saturated carbocycles. The van der Waals surface area contributed by atoms with Crippen molar-refractivity contribution >= 4 is 11.6 Å². The summed E-state index contributed by atoms with van der Waals surface area (Å²) in [7, 11) is 1.77. The molecule has 3 heteroatoms. The summed E-state index contributed by atoms with van der Waals surface area (Å²) >= 11 is 0. The third-order valence-corrected chi connectivity index (χ3v) is 2.90. The highest BCUT2D eigenvalue weighted by molar-refractivity contribution is 6.05. The van der Waals surface area contributed by atoms with Crippen LogP contribution in [0.5, 0.6) is 0 Å². The largest absolute Gasteiger partial charge is 0.314 e. The standard InChI is InChI=1S/C12H12N2O/c1-8-4-3-5-9-10(6-7-13)12(15)14(2)11(8)9/h3-5,10H,6H2,1-2H3/t10-/m1/s1. The van der Waals surface area contributed by atoms with Gasteiger partial charge < -0.3 is 4.90 Å². The maximum absolute atomic E-state index is 11.9. The molecule has 1 aromatic carbocycles. The molecular formula is C12H12N2O. The summed E-state index contributed by atoms with van der Waals surface area (Å²) < 4.78 is 0. The minimum Gasteiger partial charge on any atom is -0.314 e. The number of hydrogen-bond donors (Lipinski definition) is 0. The summed E-state index contributed by atoms with van der Waals surface area (Å²) in [5, 5.41) is 8.70. The van der Waals surface area contributed by atoms with Crippen LogP contribution in [0.15, 0.2) is 18.2 Å². The zero-order valence-electron chi connectivity index (χ0n) is 8.82. The number of amides is 1. The quantitative estimate of drug-likeness (QED) is 0.695. The van der Waals surface area contributed by atoms with Crippen molar-refractivity contribution < 1.29 is 4.79 Å². The van der Waals surface area contributed by atoms with Gasteiger partial charge in [0.25, 0.3) is 0 Å². The van der Waals surface area contributed by atoms with Crippen molar-refractivity contribution in [1.29, 1.82) is 5.26 Å². The molecule has 0 fully saturated rings. The van der Waals surface area contributed by atoms with Crippen molar-refractivity contribution in [3.63, 3.8) is 0 Å². The lowest BCUT2D eigenvalue weighted by Crippen LogP contribution is -2.24. The van der Waals surface area contributed by atoms with Crippen LogP contribution in [0.4, 0.5) is 5.69 Å². The topological polar surface area (TPSA) is 44.1 Å². The van der Waals surface area contributed by atoms with Gasteiger partial charge in [-0.25, -0.2) is 0 Å². The van der Waals surface area contributed by atoms with Crippen LogP contribution in [0.3, 0.4) is 0 Å². The van der Waals surface area contributed by atoms with E-state index in [0.29, 0.717) is 0 Å². The molecule has 1 aliphatic heterocycles. The Morgan fingerprint density at radius 2 is 2.27 bits per heavy atom. The zero-order valence-corrected chi connectivity index (χ0v) is 8.82. The van der Waals surface area contributed by atoms with Gasteiger partial charge in [-0.1, -0.05) is 18.2 Å². The number of fused-ring (bicyclic) bond motifs is 1. The van der Waals surface area contributed by atoms with E-state index in [4.69, 9.17) is 5.26 Å². The van der Waals surface area contributed by atoms with Gasteiger partial charge in [0.1, 0.15) is 0 Å². The molecule has 3 nitrogen and oxygen atoms in total. The average molecular weight is 200 g/mol. The molecule has 1 aromatic rings. The molecule has 1 aliphatic rings. The van der Waals surface area contributed by atoms with Crippen molar-refractivity contribution in [3.05, 3.63) is 29.3 Å². The Hall–Kier alpha value is -1.82. The first-order chi connectivity index (χ1) is 7.16. The molecule has 0 radical (unpaired) electrons. The van der Waals surface area contributed by atoms with Crippen LogP contribution in [0.25, 0.3) is 0 Å². The number of rotatable bonds is 1. The molecule has 0 saturated heterocycles. The SMILES string of the molecule is Cc1cccc2c1N(C)C(=O)[C@@H]2CC#N. The first-order valence-corrected chi connectivity index (χ1v) is 4.91. The van der Waals surface area contributed by atoms with Crippen molar-refractivity contribution in [2.75, 3.05) is 11.9 Å². The Morgan fingerprint density at radius 1 is 1.53 bits per heavy atom. The van der Waals surface area contributed by atoms with Crippen molar-refractivity contribution in [2.45, 2.75) is 19.3 Å². The van der Waals surface area contributed by atoms with Crippen LogP contribution in [0.2, 0.25) is 0 Å². The fourth-order valence-corrected chi connectivity index (χ4v) is 2.19. The highest BCUT2D eigenvalue weighted by Crippen LogP contribution is 2.39. The van der Waals surface area contributed by atoms with Crippen LogP contribution < -0.4 is 4.90 Å². The number of carbonyl (C=O) groups is 1. The Kier molecular flexibility index (Phi) is 2.20. The smallest absolute Gasteiger partial charge is 0.235 e. The summed E-state index contributed by atoms with van der Waals surface area (Å²) in [6.07, 6.45) is 0.264. The molecule has 0 bridgehead atoms. The minimum absolute atomic E-state index is 0.0286. The molecule has 0 spiro atoms. The third-order valence-electron chi connectivity index (χ3n) is 2.90. The monoisotopic (exact) mass is 200 g/mol. The Bertz CT molecular complexity index is 459. The van der Waals surface area contributed by atoms with E-state index in [0.717, 1.165) is 16.8 Å². The number of nitriles is 1. The van der Waals surface area contributed by atoms with E-state index in [-0.39, 0.29) is 18.2 Å². The lowest BCUT2D eigenvalue weighted by Gasteiger charge is -2.12. The number of nitrogens with zero attached hydrogens (tertiary/aromatic N) is 2. The summed E-state index contributed by atoms with van der Waals surface area (Å²) in [6, 6.07) is 7.93. The first kappa shape index (κ1) is 9.72. The second-order valence-corrected chi connectivity index (χ2v) is 3.82. The second kappa shape index (κ2) is 3.39. The molecule has 15 heavy (non-hydrogen) atoms. The van der Waals surface area contributed by atoms with Gasteiger partial charge in [0.15, 0.2) is 0 Å². The molecule has 1 atom stereocenters. The maximum atomic E-state index is 11.9. The normalized spacial score (nSPS) is 18.9. The molecule has 0 aromatic heterocycles. The van der Waals surface area contributed by atoms with Crippen LogP contribution in [-0.2, 0) is 4.79 Å². The fourth-order valence-electron chi connectivity index (χ4n) is 2.19. The van der Waals surface area contributed by atoms with Gasteiger partial charge in [-0.15, -0.1) is 0 Å². The molecule has 0 N–H and O–H groups in total. The molecule has 0 unspecified atom stereocenters. The van der Waals surface area contributed by atoms with E-state index in [9.17, 15) is 4.79 Å². The van der Waals surface area contributed by atoms with E-state index >= 15 is 0 Å². The van der Waals surface area contributed by atoms with Crippen LogP contribution in [-0.4, -0.2) is 13.0 Å².